The van der Waals surface area contributed by atoms with Gasteiger partial charge in [-0.15, -0.1) is 0 Å². The van der Waals surface area contributed by atoms with Gasteiger partial charge in [-0.05, 0) is 31.2 Å². The maximum Gasteiger partial charge on any atom is 0.337 e. The zero-order chi connectivity index (χ0) is 13.9. The molecule has 1 saturated heterocycles. The fraction of sp³-hybridized carbons (Fsp3) is 0.417. The zero-order valence-electron chi connectivity index (χ0n) is 10.5. The van der Waals surface area contributed by atoms with E-state index in [-0.39, 0.29) is 16.5 Å². The van der Waals surface area contributed by atoms with Crippen LogP contribution in [0.2, 0.25) is 0 Å². The quantitative estimate of drug-likeness (QED) is 0.767. The number of hydrogen-bond acceptors (Lipinski definition) is 5. The van der Waals surface area contributed by atoms with Crippen molar-refractivity contribution in [3.63, 3.8) is 0 Å². The molecule has 2 rings (SSSR count). The second kappa shape index (κ2) is 5.68. The van der Waals surface area contributed by atoms with Crippen LogP contribution in [-0.2, 0) is 14.8 Å². The smallest absolute Gasteiger partial charge is 0.337 e. The van der Waals surface area contributed by atoms with Gasteiger partial charge in [-0.1, -0.05) is 6.07 Å². The number of carbonyl (C=O) groups excluding carboxylic acids is 1. The summed E-state index contributed by atoms with van der Waals surface area (Å²) in [7, 11) is -2.35. The molecule has 1 fully saturated rings. The average Bonchev–Trinajstić information content (AvgIpc) is 2.90. The van der Waals surface area contributed by atoms with Gasteiger partial charge in [-0.3, -0.25) is 0 Å². The number of esters is 1. The van der Waals surface area contributed by atoms with Gasteiger partial charge in [-0.25, -0.2) is 17.9 Å². The van der Waals surface area contributed by atoms with Gasteiger partial charge in [0.25, 0.3) is 0 Å². The van der Waals surface area contributed by atoms with Crippen molar-refractivity contribution >= 4 is 16.0 Å². The van der Waals surface area contributed by atoms with E-state index in [1.54, 1.807) is 0 Å². The molecule has 19 heavy (non-hydrogen) atoms. The van der Waals surface area contributed by atoms with Crippen LogP contribution < -0.4 is 10.0 Å². The first-order valence-corrected chi connectivity index (χ1v) is 7.42. The maximum absolute atomic E-state index is 12.2. The lowest BCUT2D eigenvalue weighted by Crippen LogP contribution is -2.36. The lowest BCUT2D eigenvalue weighted by atomic mass is 10.2. The van der Waals surface area contributed by atoms with Gasteiger partial charge in [0, 0.05) is 12.6 Å². The third-order valence-corrected chi connectivity index (χ3v) is 4.47. The van der Waals surface area contributed by atoms with Crippen molar-refractivity contribution in [2.75, 3.05) is 20.2 Å². The Morgan fingerprint density at radius 3 is 2.89 bits per heavy atom. The standard InChI is InChI=1S/C12H16N2O4S/c1-18-12(15)9-3-2-4-11(7-9)19(16,17)14-10-5-6-13-8-10/h2-4,7,10,13-14H,5-6,8H2,1H3. The summed E-state index contributed by atoms with van der Waals surface area (Å²) in [5.74, 6) is -0.556. The molecule has 0 saturated carbocycles. The van der Waals surface area contributed by atoms with E-state index in [4.69, 9.17) is 0 Å². The minimum absolute atomic E-state index is 0.0716. The molecule has 7 heteroatoms. The van der Waals surface area contributed by atoms with Crippen LogP contribution in [0.1, 0.15) is 16.8 Å². The molecule has 1 aliphatic heterocycles. The summed E-state index contributed by atoms with van der Waals surface area (Å²) in [5.41, 5.74) is 0.218. The summed E-state index contributed by atoms with van der Waals surface area (Å²) in [4.78, 5) is 11.5. The second-order valence-corrected chi connectivity index (χ2v) is 6.04. The van der Waals surface area contributed by atoms with Crippen molar-refractivity contribution in [1.82, 2.24) is 10.0 Å². The Kier molecular flexibility index (Phi) is 4.18. The Hall–Kier alpha value is -1.44. The monoisotopic (exact) mass is 284 g/mol. The van der Waals surface area contributed by atoms with E-state index in [0.717, 1.165) is 13.0 Å². The van der Waals surface area contributed by atoms with E-state index < -0.39 is 16.0 Å². The Morgan fingerprint density at radius 1 is 1.47 bits per heavy atom. The van der Waals surface area contributed by atoms with E-state index >= 15 is 0 Å². The molecule has 0 aliphatic carbocycles. The lowest BCUT2D eigenvalue weighted by Gasteiger charge is -2.12. The van der Waals surface area contributed by atoms with Gasteiger partial charge < -0.3 is 10.1 Å². The Bertz CT molecular complexity index is 565. The summed E-state index contributed by atoms with van der Waals surface area (Å²) >= 11 is 0. The molecular formula is C12H16N2O4S. The third kappa shape index (κ3) is 3.31. The molecule has 1 atom stereocenters. The first-order chi connectivity index (χ1) is 9.03. The molecule has 6 nitrogen and oxygen atoms in total. The summed E-state index contributed by atoms with van der Waals surface area (Å²) < 4.78 is 31.5. The van der Waals surface area contributed by atoms with E-state index in [2.05, 4.69) is 14.8 Å². The van der Waals surface area contributed by atoms with E-state index in [0.29, 0.717) is 6.54 Å². The molecule has 0 bridgehead atoms. The number of hydrogen-bond donors (Lipinski definition) is 2. The van der Waals surface area contributed by atoms with Gasteiger partial charge in [0.1, 0.15) is 0 Å². The molecule has 1 aromatic rings. The number of methoxy groups -OCH3 is 1. The molecule has 1 heterocycles. The van der Waals surface area contributed by atoms with E-state index in [9.17, 15) is 13.2 Å². The van der Waals surface area contributed by atoms with Gasteiger partial charge in [-0.2, -0.15) is 0 Å². The molecular weight excluding hydrogens is 268 g/mol. The predicted molar refractivity (Wildman–Crippen MR) is 69.4 cm³/mol. The SMILES string of the molecule is COC(=O)c1cccc(S(=O)(=O)NC2CCNC2)c1. The van der Waals surface area contributed by atoms with Crippen molar-refractivity contribution < 1.29 is 17.9 Å². The van der Waals surface area contributed by atoms with Gasteiger partial charge >= 0.3 is 5.97 Å². The zero-order valence-corrected chi connectivity index (χ0v) is 11.4. The van der Waals surface area contributed by atoms with Gasteiger partial charge in [0.2, 0.25) is 10.0 Å². The van der Waals surface area contributed by atoms with Crippen LogP contribution in [0, 0.1) is 0 Å². The van der Waals surface area contributed by atoms with Crippen molar-refractivity contribution in [1.29, 1.82) is 0 Å². The van der Waals surface area contributed by atoms with Crippen LogP contribution in [0.4, 0.5) is 0 Å². The van der Waals surface area contributed by atoms with Crippen LogP contribution in [0.15, 0.2) is 29.2 Å². The second-order valence-electron chi connectivity index (χ2n) is 4.33. The summed E-state index contributed by atoms with van der Waals surface area (Å²) in [6.07, 6.45) is 0.760. The number of rotatable bonds is 4. The van der Waals surface area contributed by atoms with Crippen LogP contribution in [0.25, 0.3) is 0 Å². The van der Waals surface area contributed by atoms with Crippen LogP contribution in [0.3, 0.4) is 0 Å². The first kappa shape index (κ1) is 14.0. The number of ether oxygens (including phenoxy) is 1. The minimum Gasteiger partial charge on any atom is -0.465 e. The lowest BCUT2D eigenvalue weighted by molar-refractivity contribution is 0.0600. The molecule has 0 radical (unpaired) electrons. The first-order valence-electron chi connectivity index (χ1n) is 5.94. The molecule has 1 aromatic carbocycles. The minimum atomic E-state index is -3.61. The average molecular weight is 284 g/mol. The summed E-state index contributed by atoms with van der Waals surface area (Å²) in [5, 5.41) is 3.08. The molecule has 0 spiro atoms. The van der Waals surface area contributed by atoms with E-state index in [1.807, 2.05) is 0 Å². The topological polar surface area (TPSA) is 84.5 Å². The van der Waals surface area contributed by atoms with Gasteiger partial charge in [0.15, 0.2) is 0 Å². The fourth-order valence-electron chi connectivity index (χ4n) is 1.95. The number of nitrogens with one attached hydrogen (secondary N) is 2. The highest BCUT2D eigenvalue weighted by molar-refractivity contribution is 7.89. The molecule has 104 valence electrons. The predicted octanol–water partition coefficient (Wildman–Crippen LogP) is 0.113. The Balaban J connectivity index is 2.22. The van der Waals surface area contributed by atoms with Crippen LogP contribution >= 0.6 is 0 Å². The molecule has 0 aromatic heterocycles. The fourth-order valence-corrected chi connectivity index (χ4v) is 3.27. The molecule has 1 unspecified atom stereocenters. The van der Waals surface area contributed by atoms with Crippen LogP contribution in [0.5, 0.6) is 0 Å². The van der Waals surface area contributed by atoms with Crippen LogP contribution in [-0.4, -0.2) is 40.6 Å². The van der Waals surface area contributed by atoms with Crippen molar-refractivity contribution in [2.45, 2.75) is 17.4 Å². The molecule has 2 N–H and O–H groups in total. The van der Waals surface area contributed by atoms with Crippen molar-refractivity contribution in [3.05, 3.63) is 29.8 Å². The van der Waals surface area contributed by atoms with Crippen molar-refractivity contribution in [2.24, 2.45) is 0 Å². The van der Waals surface area contributed by atoms with Crippen molar-refractivity contribution in [3.8, 4) is 0 Å². The highest BCUT2D eigenvalue weighted by Gasteiger charge is 2.23. The maximum atomic E-state index is 12.2. The normalized spacial score (nSPS) is 19.3. The molecule has 1 aliphatic rings. The van der Waals surface area contributed by atoms with E-state index in [1.165, 1.54) is 31.4 Å². The highest BCUT2D eigenvalue weighted by Crippen LogP contribution is 2.14. The largest absolute Gasteiger partial charge is 0.465 e. The number of benzene rings is 1. The Morgan fingerprint density at radius 2 is 2.26 bits per heavy atom. The summed E-state index contributed by atoms with van der Waals surface area (Å²) in [6.45, 7) is 1.42. The molecule has 0 amide bonds. The number of sulfonamides is 1. The summed E-state index contributed by atoms with van der Waals surface area (Å²) in [6, 6.07) is 5.70. The number of carbonyl (C=O) groups is 1. The Labute approximate surface area is 112 Å². The third-order valence-electron chi connectivity index (χ3n) is 2.95. The highest BCUT2D eigenvalue weighted by atomic mass is 32.2. The van der Waals surface area contributed by atoms with Gasteiger partial charge in [0.05, 0.1) is 17.6 Å².